The van der Waals surface area contributed by atoms with E-state index in [0.29, 0.717) is 25.9 Å². The van der Waals surface area contributed by atoms with Gasteiger partial charge in [-0.15, -0.1) is 11.3 Å². The first-order chi connectivity index (χ1) is 12.0. The van der Waals surface area contributed by atoms with Gasteiger partial charge in [0.05, 0.1) is 3.79 Å². The number of nitrogens with zero attached hydrogens (tertiary/aromatic N) is 1. The van der Waals surface area contributed by atoms with Gasteiger partial charge in [-0.2, -0.15) is 4.31 Å². The van der Waals surface area contributed by atoms with E-state index in [1.54, 1.807) is 12.1 Å². The Morgan fingerprint density at radius 3 is 2.68 bits per heavy atom. The zero-order chi connectivity index (χ0) is 17.9. The minimum Gasteiger partial charge on any atom is -0.354 e. The first-order valence-corrected chi connectivity index (χ1v) is 11.1. The SMILES string of the molecule is O=C(NCCc1ccccc1)C1CCCN1S(=O)(=O)c1ccc(Br)s1. The van der Waals surface area contributed by atoms with Gasteiger partial charge in [0.25, 0.3) is 10.0 Å². The third-order valence-corrected chi connectivity index (χ3v) is 8.17. The second-order valence-electron chi connectivity index (χ2n) is 5.86. The number of halogens is 1. The molecule has 1 saturated heterocycles. The number of hydrogen-bond donors (Lipinski definition) is 1. The first-order valence-electron chi connectivity index (χ1n) is 8.07. The zero-order valence-electron chi connectivity index (χ0n) is 13.5. The van der Waals surface area contributed by atoms with Gasteiger partial charge in [0.1, 0.15) is 10.3 Å². The predicted molar refractivity (Wildman–Crippen MR) is 102 cm³/mol. The molecule has 8 heteroatoms. The van der Waals surface area contributed by atoms with E-state index in [2.05, 4.69) is 21.2 Å². The van der Waals surface area contributed by atoms with Gasteiger partial charge in [0.15, 0.2) is 0 Å². The lowest BCUT2D eigenvalue weighted by Gasteiger charge is -2.22. The van der Waals surface area contributed by atoms with E-state index >= 15 is 0 Å². The summed E-state index contributed by atoms with van der Waals surface area (Å²) in [6.07, 6.45) is 1.98. The number of rotatable bonds is 6. The summed E-state index contributed by atoms with van der Waals surface area (Å²) < 4.78 is 27.9. The van der Waals surface area contributed by atoms with Crippen molar-refractivity contribution < 1.29 is 13.2 Å². The van der Waals surface area contributed by atoms with Crippen LogP contribution in [-0.4, -0.2) is 37.8 Å². The number of benzene rings is 1. The van der Waals surface area contributed by atoms with Crippen molar-refractivity contribution in [2.24, 2.45) is 0 Å². The number of nitrogens with one attached hydrogen (secondary N) is 1. The van der Waals surface area contributed by atoms with Gasteiger partial charge >= 0.3 is 0 Å². The van der Waals surface area contributed by atoms with Crippen LogP contribution in [0.15, 0.2) is 50.5 Å². The Bertz CT molecular complexity index is 837. The van der Waals surface area contributed by atoms with Crippen molar-refractivity contribution in [3.8, 4) is 0 Å². The second kappa shape index (κ2) is 7.99. The fourth-order valence-corrected chi connectivity index (χ4v) is 6.73. The zero-order valence-corrected chi connectivity index (χ0v) is 16.7. The minimum absolute atomic E-state index is 0.215. The van der Waals surface area contributed by atoms with Crippen LogP contribution < -0.4 is 5.32 Å². The van der Waals surface area contributed by atoms with Crippen molar-refractivity contribution in [3.05, 3.63) is 51.8 Å². The van der Waals surface area contributed by atoms with Gasteiger partial charge in [0, 0.05) is 13.1 Å². The molecule has 3 rings (SSSR count). The maximum Gasteiger partial charge on any atom is 0.253 e. The molecule has 134 valence electrons. The smallest absolute Gasteiger partial charge is 0.253 e. The third-order valence-electron chi connectivity index (χ3n) is 4.17. The first kappa shape index (κ1) is 18.6. The Morgan fingerprint density at radius 1 is 1.24 bits per heavy atom. The largest absolute Gasteiger partial charge is 0.354 e. The van der Waals surface area contributed by atoms with E-state index < -0.39 is 16.1 Å². The molecule has 5 nitrogen and oxygen atoms in total. The molecule has 2 aromatic rings. The van der Waals surface area contributed by atoms with Crippen molar-refractivity contribution in [3.63, 3.8) is 0 Å². The number of carbonyl (C=O) groups is 1. The van der Waals surface area contributed by atoms with E-state index in [9.17, 15) is 13.2 Å². The van der Waals surface area contributed by atoms with Gasteiger partial charge in [-0.05, 0) is 52.9 Å². The number of hydrogen-bond acceptors (Lipinski definition) is 4. The minimum atomic E-state index is -3.63. The summed E-state index contributed by atoms with van der Waals surface area (Å²) in [7, 11) is -3.63. The molecule has 0 spiro atoms. The molecule has 1 aliphatic rings. The number of carbonyl (C=O) groups excluding carboxylic acids is 1. The van der Waals surface area contributed by atoms with E-state index in [4.69, 9.17) is 0 Å². The lowest BCUT2D eigenvalue weighted by Crippen LogP contribution is -2.46. The second-order valence-corrected chi connectivity index (χ2v) is 10.4. The van der Waals surface area contributed by atoms with Crippen molar-refractivity contribution >= 4 is 43.2 Å². The van der Waals surface area contributed by atoms with Crippen LogP contribution in [0.5, 0.6) is 0 Å². The fourth-order valence-electron chi connectivity index (χ4n) is 2.93. The number of amides is 1. The molecule has 1 aromatic heterocycles. The van der Waals surface area contributed by atoms with E-state index in [1.807, 2.05) is 30.3 Å². The highest BCUT2D eigenvalue weighted by molar-refractivity contribution is 9.11. The van der Waals surface area contributed by atoms with E-state index in [-0.39, 0.29) is 10.1 Å². The number of sulfonamides is 1. The van der Waals surface area contributed by atoms with Crippen LogP contribution in [0.3, 0.4) is 0 Å². The molecule has 1 aliphatic heterocycles. The Morgan fingerprint density at radius 2 is 2.00 bits per heavy atom. The summed E-state index contributed by atoms with van der Waals surface area (Å²) in [6, 6.07) is 12.5. The number of thiophene rings is 1. The molecule has 2 heterocycles. The van der Waals surface area contributed by atoms with Crippen LogP contribution in [0.1, 0.15) is 18.4 Å². The third kappa shape index (κ3) is 4.31. The molecule has 1 atom stereocenters. The van der Waals surface area contributed by atoms with Crippen LogP contribution in [-0.2, 0) is 21.2 Å². The highest BCUT2D eigenvalue weighted by Gasteiger charge is 2.39. The molecule has 1 aromatic carbocycles. The molecule has 1 fully saturated rings. The summed E-state index contributed by atoms with van der Waals surface area (Å²) in [5.41, 5.74) is 1.14. The summed E-state index contributed by atoms with van der Waals surface area (Å²) in [6.45, 7) is 0.881. The predicted octanol–water partition coefficient (Wildman–Crippen LogP) is 3.02. The van der Waals surface area contributed by atoms with Crippen LogP contribution >= 0.6 is 27.3 Å². The summed E-state index contributed by atoms with van der Waals surface area (Å²) in [5, 5.41) is 2.88. The van der Waals surface area contributed by atoms with Crippen molar-refractivity contribution in [2.45, 2.75) is 29.5 Å². The van der Waals surface area contributed by atoms with Crippen LogP contribution in [0, 0.1) is 0 Å². The average Bonchev–Trinajstić information content (AvgIpc) is 3.25. The van der Waals surface area contributed by atoms with Gasteiger partial charge in [-0.1, -0.05) is 30.3 Å². The highest BCUT2D eigenvalue weighted by Crippen LogP contribution is 2.32. The van der Waals surface area contributed by atoms with Crippen molar-refractivity contribution in [2.75, 3.05) is 13.1 Å². The quantitative estimate of drug-likeness (QED) is 0.747. The van der Waals surface area contributed by atoms with Gasteiger partial charge in [-0.25, -0.2) is 8.42 Å². The van der Waals surface area contributed by atoms with Crippen LogP contribution in [0.2, 0.25) is 0 Å². The Kier molecular flexibility index (Phi) is 5.93. The maximum absolute atomic E-state index is 12.8. The molecule has 25 heavy (non-hydrogen) atoms. The van der Waals surface area contributed by atoms with Crippen molar-refractivity contribution in [1.82, 2.24) is 9.62 Å². The monoisotopic (exact) mass is 442 g/mol. The summed E-state index contributed by atoms with van der Waals surface area (Å²) >= 11 is 4.46. The molecule has 1 amide bonds. The summed E-state index contributed by atoms with van der Waals surface area (Å²) in [5.74, 6) is -0.215. The summed E-state index contributed by atoms with van der Waals surface area (Å²) in [4.78, 5) is 12.5. The van der Waals surface area contributed by atoms with Crippen molar-refractivity contribution in [1.29, 1.82) is 0 Å². The van der Waals surface area contributed by atoms with Gasteiger partial charge in [-0.3, -0.25) is 4.79 Å². The average molecular weight is 443 g/mol. The highest BCUT2D eigenvalue weighted by atomic mass is 79.9. The Balaban J connectivity index is 1.63. The molecule has 0 aliphatic carbocycles. The maximum atomic E-state index is 12.8. The van der Waals surface area contributed by atoms with Gasteiger partial charge < -0.3 is 5.32 Å². The van der Waals surface area contributed by atoms with Crippen LogP contribution in [0.4, 0.5) is 0 Å². The molecular weight excluding hydrogens is 424 g/mol. The molecule has 1 unspecified atom stereocenters. The normalized spacial score (nSPS) is 18.4. The molecule has 0 bridgehead atoms. The Hall–Kier alpha value is -1.22. The lowest BCUT2D eigenvalue weighted by molar-refractivity contribution is -0.124. The standard InChI is InChI=1S/C17H19BrN2O3S2/c18-15-8-9-16(24-15)25(22,23)20-12-4-7-14(20)17(21)19-11-10-13-5-2-1-3-6-13/h1-3,5-6,8-9,14H,4,7,10-12H2,(H,19,21). The van der Waals surface area contributed by atoms with E-state index in [1.165, 1.54) is 15.6 Å². The molecule has 0 saturated carbocycles. The molecule has 1 N–H and O–H groups in total. The van der Waals surface area contributed by atoms with Gasteiger partial charge in [0.2, 0.25) is 5.91 Å². The van der Waals surface area contributed by atoms with E-state index in [0.717, 1.165) is 15.8 Å². The van der Waals surface area contributed by atoms with Crippen LogP contribution in [0.25, 0.3) is 0 Å². The molecular formula is C17H19BrN2O3S2. The topological polar surface area (TPSA) is 66.5 Å². The lowest BCUT2D eigenvalue weighted by atomic mass is 10.1. The Labute approximate surface area is 160 Å². The fraction of sp³-hybridized carbons (Fsp3) is 0.353. The molecule has 0 radical (unpaired) electrons.